The highest BCUT2D eigenvalue weighted by molar-refractivity contribution is 5.58. The molecule has 0 spiro atoms. The van der Waals surface area contributed by atoms with Crippen LogP contribution in [0, 0.1) is 12.8 Å². The Morgan fingerprint density at radius 2 is 2.05 bits per heavy atom. The lowest BCUT2D eigenvalue weighted by molar-refractivity contribution is 0.204. The minimum absolute atomic E-state index is 0.542. The van der Waals surface area contributed by atoms with E-state index in [-0.39, 0.29) is 0 Å². The fourth-order valence-corrected chi connectivity index (χ4v) is 2.08. The minimum Gasteiger partial charge on any atom is -0.383 e. The van der Waals surface area contributed by atoms with Crippen LogP contribution in [-0.4, -0.2) is 36.8 Å². The van der Waals surface area contributed by atoms with Crippen molar-refractivity contribution in [1.29, 1.82) is 0 Å². The zero-order chi connectivity index (χ0) is 15.1. The molecule has 114 valence electrons. The number of aryl methyl sites for hydroxylation is 1. The van der Waals surface area contributed by atoms with Gasteiger partial charge >= 0.3 is 0 Å². The summed E-state index contributed by atoms with van der Waals surface area (Å²) in [5, 5.41) is 0. The van der Waals surface area contributed by atoms with Crippen LogP contribution in [0.2, 0.25) is 0 Å². The van der Waals surface area contributed by atoms with Gasteiger partial charge in [-0.2, -0.15) is 0 Å². The van der Waals surface area contributed by atoms with Crippen molar-refractivity contribution in [2.45, 2.75) is 34.1 Å². The Bertz CT molecular complexity index is 422. The predicted octanol–water partition coefficient (Wildman–Crippen LogP) is 1.74. The Hall–Kier alpha value is -1.40. The number of anilines is 2. The highest BCUT2D eigenvalue weighted by Crippen LogP contribution is 2.24. The summed E-state index contributed by atoms with van der Waals surface area (Å²) in [5.74, 6) is 8.53. The summed E-state index contributed by atoms with van der Waals surface area (Å²) in [4.78, 5) is 11.3. The Balaban J connectivity index is 3.15. The highest BCUT2D eigenvalue weighted by Gasteiger charge is 2.17. The summed E-state index contributed by atoms with van der Waals surface area (Å²) in [7, 11) is 1.71. The van der Waals surface area contributed by atoms with Gasteiger partial charge in [0.15, 0.2) is 0 Å². The van der Waals surface area contributed by atoms with Crippen molar-refractivity contribution in [1.82, 2.24) is 9.97 Å². The van der Waals surface area contributed by atoms with Gasteiger partial charge in [-0.15, -0.1) is 0 Å². The first kappa shape index (κ1) is 16.7. The minimum atomic E-state index is 0.542. The lowest BCUT2D eigenvalue weighted by Crippen LogP contribution is -2.33. The van der Waals surface area contributed by atoms with Crippen molar-refractivity contribution >= 4 is 11.6 Å². The monoisotopic (exact) mass is 281 g/mol. The third-order valence-corrected chi connectivity index (χ3v) is 3.07. The molecule has 0 saturated heterocycles. The quantitative estimate of drug-likeness (QED) is 0.558. The van der Waals surface area contributed by atoms with Crippen LogP contribution in [0.1, 0.15) is 32.2 Å². The molecule has 0 atom stereocenters. The lowest BCUT2D eigenvalue weighted by Gasteiger charge is -2.27. The number of nitrogens with one attached hydrogen (secondary N) is 1. The number of hydrogen-bond acceptors (Lipinski definition) is 6. The van der Waals surface area contributed by atoms with Gasteiger partial charge in [0.2, 0.25) is 0 Å². The van der Waals surface area contributed by atoms with Crippen LogP contribution >= 0.6 is 0 Å². The molecule has 0 aliphatic carbocycles. The number of methoxy groups -OCH3 is 1. The van der Waals surface area contributed by atoms with E-state index < -0.39 is 0 Å². The van der Waals surface area contributed by atoms with Crippen LogP contribution in [-0.2, 0) is 11.2 Å². The van der Waals surface area contributed by atoms with E-state index in [0.717, 1.165) is 36.7 Å². The molecular weight excluding hydrogens is 254 g/mol. The topological polar surface area (TPSA) is 76.3 Å². The van der Waals surface area contributed by atoms with Crippen molar-refractivity contribution in [2.24, 2.45) is 11.8 Å². The first-order valence-electron chi connectivity index (χ1n) is 7.11. The SMILES string of the molecule is CCc1nc(NN)c(C)c(N(CCOC)CC(C)C)n1. The van der Waals surface area contributed by atoms with Crippen LogP contribution in [0.25, 0.3) is 0 Å². The zero-order valence-corrected chi connectivity index (χ0v) is 13.2. The van der Waals surface area contributed by atoms with Crippen LogP contribution in [0.15, 0.2) is 0 Å². The summed E-state index contributed by atoms with van der Waals surface area (Å²) in [6, 6.07) is 0. The summed E-state index contributed by atoms with van der Waals surface area (Å²) in [6.45, 7) is 10.8. The average molecular weight is 281 g/mol. The molecule has 0 aromatic carbocycles. The smallest absolute Gasteiger partial charge is 0.148 e. The molecule has 0 bridgehead atoms. The number of ether oxygens (including phenoxy) is 1. The van der Waals surface area contributed by atoms with Crippen molar-refractivity contribution in [3.05, 3.63) is 11.4 Å². The van der Waals surface area contributed by atoms with Gasteiger partial charge in [-0.1, -0.05) is 20.8 Å². The highest BCUT2D eigenvalue weighted by atomic mass is 16.5. The Labute approximate surface area is 121 Å². The second-order valence-electron chi connectivity index (χ2n) is 5.27. The lowest BCUT2D eigenvalue weighted by atomic mass is 10.2. The summed E-state index contributed by atoms with van der Waals surface area (Å²) >= 11 is 0. The van der Waals surface area contributed by atoms with Gasteiger partial charge < -0.3 is 15.1 Å². The van der Waals surface area contributed by atoms with Gasteiger partial charge in [0, 0.05) is 32.2 Å². The molecule has 0 aliphatic rings. The second kappa shape index (κ2) is 8.01. The third kappa shape index (κ3) is 4.31. The van der Waals surface area contributed by atoms with Crippen molar-refractivity contribution in [3.63, 3.8) is 0 Å². The molecule has 0 radical (unpaired) electrons. The van der Waals surface area contributed by atoms with Gasteiger partial charge in [-0.05, 0) is 12.8 Å². The fourth-order valence-electron chi connectivity index (χ4n) is 2.08. The summed E-state index contributed by atoms with van der Waals surface area (Å²) in [6.07, 6.45) is 0.780. The van der Waals surface area contributed by atoms with E-state index in [1.807, 2.05) is 13.8 Å². The van der Waals surface area contributed by atoms with Gasteiger partial charge in [0.05, 0.1) is 6.61 Å². The normalized spacial score (nSPS) is 10.9. The molecule has 20 heavy (non-hydrogen) atoms. The first-order valence-corrected chi connectivity index (χ1v) is 7.11. The summed E-state index contributed by atoms with van der Waals surface area (Å²) < 4.78 is 5.20. The average Bonchev–Trinajstić information content (AvgIpc) is 2.43. The van der Waals surface area contributed by atoms with Gasteiger partial charge in [-0.25, -0.2) is 15.8 Å². The molecular formula is C14H27N5O. The number of aromatic nitrogens is 2. The largest absolute Gasteiger partial charge is 0.383 e. The maximum atomic E-state index is 5.56. The number of rotatable bonds is 8. The number of nitrogens with zero attached hydrogens (tertiary/aromatic N) is 3. The summed E-state index contributed by atoms with van der Waals surface area (Å²) in [5.41, 5.74) is 3.64. The second-order valence-corrected chi connectivity index (χ2v) is 5.27. The predicted molar refractivity (Wildman–Crippen MR) is 82.9 cm³/mol. The molecule has 6 heteroatoms. The number of hydrazine groups is 1. The number of hydrogen-bond donors (Lipinski definition) is 2. The van der Waals surface area contributed by atoms with Gasteiger partial charge in [-0.3, -0.25) is 0 Å². The maximum absolute atomic E-state index is 5.56. The van der Waals surface area contributed by atoms with Crippen molar-refractivity contribution in [2.75, 3.05) is 37.1 Å². The molecule has 1 aromatic heterocycles. The van der Waals surface area contributed by atoms with E-state index in [2.05, 4.69) is 34.1 Å². The van der Waals surface area contributed by atoms with E-state index in [9.17, 15) is 0 Å². The molecule has 1 rings (SSSR count). The zero-order valence-electron chi connectivity index (χ0n) is 13.2. The van der Waals surface area contributed by atoms with Crippen molar-refractivity contribution < 1.29 is 4.74 Å². The van der Waals surface area contributed by atoms with Gasteiger partial charge in [0.25, 0.3) is 0 Å². The van der Waals surface area contributed by atoms with E-state index >= 15 is 0 Å². The molecule has 0 saturated carbocycles. The fraction of sp³-hybridized carbons (Fsp3) is 0.714. The first-order chi connectivity index (χ1) is 9.53. The number of nitrogens with two attached hydrogens (primary N) is 1. The Morgan fingerprint density at radius 3 is 2.55 bits per heavy atom. The molecule has 1 aromatic rings. The standard InChI is InChI=1S/C14H27N5O/c1-6-12-16-13(18-15)11(4)14(17-12)19(7-8-20-5)9-10(2)3/h10H,6-9,15H2,1-5H3,(H,16,17,18). The number of nitrogen functional groups attached to an aromatic ring is 1. The van der Waals surface area contributed by atoms with Crippen LogP contribution in [0.4, 0.5) is 11.6 Å². The molecule has 0 unspecified atom stereocenters. The van der Waals surface area contributed by atoms with Gasteiger partial charge in [0.1, 0.15) is 17.5 Å². The molecule has 0 fully saturated rings. The molecule has 1 heterocycles. The van der Waals surface area contributed by atoms with E-state index in [0.29, 0.717) is 18.3 Å². The van der Waals surface area contributed by atoms with Crippen LogP contribution in [0.5, 0.6) is 0 Å². The van der Waals surface area contributed by atoms with E-state index in [1.54, 1.807) is 7.11 Å². The van der Waals surface area contributed by atoms with Crippen LogP contribution < -0.4 is 16.2 Å². The van der Waals surface area contributed by atoms with E-state index in [4.69, 9.17) is 10.6 Å². The maximum Gasteiger partial charge on any atom is 0.148 e. The Morgan fingerprint density at radius 1 is 1.35 bits per heavy atom. The molecule has 3 N–H and O–H groups in total. The molecule has 0 amide bonds. The third-order valence-electron chi connectivity index (χ3n) is 3.07. The molecule has 0 aliphatic heterocycles. The molecule has 6 nitrogen and oxygen atoms in total. The van der Waals surface area contributed by atoms with Crippen LogP contribution in [0.3, 0.4) is 0 Å². The Kier molecular flexibility index (Phi) is 6.67. The van der Waals surface area contributed by atoms with E-state index in [1.165, 1.54) is 0 Å². The van der Waals surface area contributed by atoms with Crippen molar-refractivity contribution in [3.8, 4) is 0 Å².